The molecule has 1 unspecified atom stereocenters. The number of benzene rings is 1. The van der Waals surface area contributed by atoms with E-state index >= 15 is 0 Å². The zero-order valence-electron chi connectivity index (χ0n) is 12.9. The van der Waals surface area contributed by atoms with E-state index < -0.39 is 12.1 Å². The summed E-state index contributed by atoms with van der Waals surface area (Å²) in [6.45, 7) is 6.32. The van der Waals surface area contributed by atoms with Crippen LogP contribution in [-0.2, 0) is 6.54 Å². The van der Waals surface area contributed by atoms with E-state index in [1.54, 1.807) is 0 Å². The van der Waals surface area contributed by atoms with Crippen LogP contribution in [0, 0.1) is 13.8 Å². The van der Waals surface area contributed by atoms with Gasteiger partial charge in [0, 0.05) is 17.8 Å². The van der Waals surface area contributed by atoms with Crippen molar-refractivity contribution in [2.75, 3.05) is 0 Å². The predicted octanol–water partition coefficient (Wildman–Crippen LogP) is 3.30. The van der Waals surface area contributed by atoms with Crippen molar-refractivity contribution in [2.24, 2.45) is 0 Å². The van der Waals surface area contributed by atoms with Crippen molar-refractivity contribution >= 4 is 11.5 Å². The lowest BCUT2D eigenvalue weighted by molar-refractivity contribution is 0.0684. The van der Waals surface area contributed by atoms with Crippen molar-refractivity contribution in [1.82, 2.24) is 4.57 Å². The monoisotopic (exact) mass is 297 g/mol. The van der Waals surface area contributed by atoms with Crippen LogP contribution in [0.1, 0.15) is 51.5 Å². The Bertz CT molecular complexity index is 799. The molecule has 0 saturated heterocycles. The smallest absolute Gasteiger partial charge is 0.352 e. The number of carboxylic acid groups (broad SMARTS) is 1. The van der Waals surface area contributed by atoms with Crippen LogP contribution in [0.25, 0.3) is 5.57 Å². The number of hydrogen-bond donors (Lipinski definition) is 2. The Labute approximate surface area is 129 Å². The summed E-state index contributed by atoms with van der Waals surface area (Å²) < 4.78 is 1.82. The number of hydrogen-bond acceptors (Lipinski definition) is 2. The van der Waals surface area contributed by atoms with Crippen molar-refractivity contribution in [3.8, 4) is 0 Å². The van der Waals surface area contributed by atoms with Crippen molar-refractivity contribution in [3.63, 3.8) is 0 Å². The normalized spacial score (nSPS) is 16.5. The number of carbonyl (C=O) groups is 1. The van der Waals surface area contributed by atoms with Crippen molar-refractivity contribution in [2.45, 2.75) is 33.4 Å². The van der Waals surface area contributed by atoms with Crippen LogP contribution in [0.15, 0.2) is 30.3 Å². The van der Waals surface area contributed by atoms with Gasteiger partial charge in [-0.25, -0.2) is 4.79 Å². The minimum absolute atomic E-state index is 0.328. The average Bonchev–Trinajstić information content (AvgIpc) is 2.94. The maximum atomic E-state index is 11.6. The van der Waals surface area contributed by atoms with Crippen LogP contribution in [0.2, 0.25) is 0 Å². The van der Waals surface area contributed by atoms with Gasteiger partial charge in [-0.15, -0.1) is 0 Å². The molecule has 2 N–H and O–H groups in total. The van der Waals surface area contributed by atoms with Gasteiger partial charge in [0.2, 0.25) is 0 Å². The standard InChI is InChI=1S/C18H19NO3/c1-4-19-11(3)16(10(2)17(19)18(21)22)14-9-15(20)13-8-6-5-7-12(13)14/h5-9,15,20H,4H2,1-3H3,(H,21,22). The van der Waals surface area contributed by atoms with Gasteiger partial charge in [0.25, 0.3) is 0 Å². The molecule has 0 radical (unpaired) electrons. The minimum atomic E-state index is -0.916. The fourth-order valence-corrected chi connectivity index (χ4v) is 3.52. The number of nitrogens with zero attached hydrogens (tertiary/aromatic N) is 1. The topological polar surface area (TPSA) is 62.5 Å². The summed E-state index contributed by atoms with van der Waals surface area (Å²) in [6, 6.07) is 7.71. The second-order valence-corrected chi connectivity index (χ2v) is 5.60. The molecule has 22 heavy (non-hydrogen) atoms. The van der Waals surface area contributed by atoms with E-state index in [9.17, 15) is 15.0 Å². The third-order valence-corrected chi connectivity index (χ3v) is 4.45. The molecule has 0 saturated carbocycles. The number of aromatic nitrogens is 1. The van der Waals surface area contributed by atoms with E-state index in [-0.39, 0.29) is 0 Å². The summed E-state index contributed by atoms with van der Waals surface area (Å²) in [5, 5.41) is 19.8. The Morgan fingerprint density at radius 1 is 1.27 bits per heavy atom. The molecule has 1 heterocycles. The second kappa shape index (κ2) is 5.14. The summed E-state index contributed by atoms with van der Waals surface area (Å²) in [7, 11) is 0. The Morgan fingerprint density at radius 3 is 2.55 bits per heavy atom. The quantitative estimate of drug-likeness (QED) is 0.913. The summed E-state index contributed by atoms with van der Waals surface area (Å²) in [6.07, 6.45) is 1.18. The van der Waals surface area contributed by atoms with Gasteiger partial charge < -0.3 is 14.8 Å². The Hall–Kier alpha value is -2.33. The third-order valence-electron chi connectivity index (χ3n) is 4.45. The Morgan fingerprint density at radius 2 is 1.95 bits per heavy atom. The van der Waals surface area contributed by atoms with Crippen LogP contribution in [-0.4, -0.2) is 20.7 Å². The first-order valence-corrected chi connectivity index (χ1v) is 7.39. The molecule has 0 bridgehead atoms. The van der Waals surface area contributed by atoms with E-state index in [1.807, 2.05) is 55.7 Å². The number of fused-ring (bicyclic) bond motifs is 1. The van der Waals surface area contributed by atoms with Crippen molar-refractivity contribution in [1.29, 1.82) is 0 Å². The Balaban J connectivity index is 2.27. The maximum Gasteiger partial charge on any atom is 0.352 e. The summed E-state index contributed by atoms with van der Waals surface area (Å²) >= 11 is 0. The molecule has 1 aromatic carbocycles. The lowest BCUT2D eigenvalue weighted by Gasteiger charge is -2.08. The van der Waals surface area contributed by atoms with Gasteiger partial charge in [-0.2, -0.15) is 0 Å². The summed E-state index contributed by atoms with van der Waals surface area (Å²) in [4.78, 5) is 11.6. The fourth-order valence-electron chi connectivity index (χ4n) is 3.52. The van der Waals surface area contributed by atoms with Crippen LogP contribution in [0.4, 0.5) is 0 Å². The molecule has 2 aromatic rings. The molecule has 0 aliphatic heterocycles. The molecular weight excluding hydrogens is 278 g/mol. The second-order valence-electron chi connectivity index (χ2n) is 5.60. The number of rotatable bonds is 3. The van der Waals surface area contributed by atoms with Crippen LogP contribution in [0.5, 0.6) is 0 Å². The average molecular weight is 297 g/mol. The summed E-state index contributed by atoms with van der Waals surface area (Å²) in [5.74, 6) is -0.916. The molecule has 3 rings (SSSR count). The Kier molecular flexibility index (Phi) is 3.41. The molecule has 0 amide bonds. The molecular formula is C18H19NO3. The van der Waals surface area contributed by atoms with Gasteiger partial charge >= 0.3 is 5.97 Å². The van der Waals surface area contributed by atoms with E-state index in [0.29, 0.717) is 12.2 Å². The summed E-state index contributed by atoms with van der Waals surface area (Å²) in [5.41, 5.74) is 5.70. The highest BCUT2D eigenvalue weighted by Crippen LogP contribution is 2.41. The van der Waals surface area contributed by atoms with E-state index in [1.165, 1.54) is 0 Å². The van der Waals surface area contributed by atoms with Crippen molar-refractivity contribution < 1.29 is 15.0 Å². The minimum Gasteiger partial charge on any atom is -0.477 e. The van der Waals surface area contributed by atoms with Gasteiger partial charge in [0.15, 0.2) is 0 Å². The molecule has 1 atom stereocenters. The lowest BCUT2D eigenvalue weighted by Crippen LogP contribution is -2.09. The van der Waals surface area contributed by atoms with Gasteiger partial charge in [-0.05, 0) is 49.1 Å². The van der Waals surface area contributed by atoms with Gasteiger partial charge in [0.05, 0.1) is 6.10 Å². The molecule has 4 nitrogen and oxygen atoms in total. The molecule has 1 aliphatic rings. The first-order valence-electron chi connectivity index (χ1n) is 7.39. The third kappa shape index (κ3) is 1.91. The van der Waals surface area contributed by atoms with Crippen LogP contribution >= 0.6 is 0 Å². The zero-order chi connectivity index (χ0) is 16.0. The number of carboxylic acids is 1. The number of aliphatic hydroxyl groups excluding tert-OH is 1. The lowest BCUT2D eigenvalue weighted by atomic mass is 9.96. The molecule has 1 aromatic heterocycles. The molecule has 0 spiro atoms. The molecule has 0 fully saturated rings. The largest absolute Gasteiger partial charge is 0.477 e. The first-order chi connectivity index (χ1) is 10.5. The highest BCUT2D eigenvalue weighted by molar-refractivity contribution is 5.94. The molecule has 4 heteroatoms. The van der Waals surface area contributed by atoms with Crippen LogP contribution in [0.3, 0.4) is 0 Å². The first kappa shape index (κ1) is 14.6. The highest BCUT2D eigenvalue weighted by Gasteiger charge is 2.29. The highest BCUT2D eigenvalue weighted by atomic mass is 16.4. The predicted molar refractivity (Wildman–Crippen MR) is 85.0 cm³/mol. The van der Waals surface area contributed by atoms with E-state index in [4.69, 9.17) is 0 Å². The number of aliphatic hydroxyl groups is 1. The van der Waals surface area contributed by atoms with E-state index in [0.717, 1.165) is 33.5 Å². The molecule has 1 aliphatic carbocycles. The van der Waals surface area contributed by atoms with Gasteiger partial charge in [0.1, 0.15) is 5.69 Å². The van der Waals surface area contributed by atoms with Gasteiger partial charge in [-0.3, -0.25) is 0 Å². The SMILES string of the molecule is CCn1c(C)c(C2=CC(O)c3ccccc32)c(C)c1C(=O)O. The van der Waals surface area contributed by atoms with E-state index in [2.05, 4.69) is 0 Å². The van der Waals surface area contributed by atoms with Crippen molar-refractivity contribution in [3.05, 3.63) is 64.0 Å². The van der Waals surface area contributed by atoms with Crippen LogP contribution < -0.4 is 0 Å². The van der Waals surface area contributed by atoms with Gasteiger partial charge in [-0.1, -0.05) is 24.3 Å². The maximum absolute atomic E-state index is 11.6. The zero-order valence-corrected chi connectivity index (χ0v) is 12.9. The number of aromatic carboxylic acids is 1. The fraction of sp³-hybridized carbons (Fsp3) is 0.278. The molecule has 114 valence electrons.